The number of morpholine rings is 1. The maximum atomic E-state index is 5.45. The zero-order valence-corrected chi connectivity index (χ0v) is 12.2. The molecule has 1 aliphatic rings. The Hall–Kier alpha value is -1.26. The Morgan fingerprint density at radius 2 is 2.00 bits per heavy atom. The Kier molecular flexibility index (Phi) is 5.05. The Labute approximate surface area is 115 Å². The first kappa shape index (κ1) is 14.2. The first-order valence-corrected chi connectivity index (χ1v) is 6.90. The van der Waals surface area contributed by atoms with Gasteiger partial charge < -0.3 is 14.8 Å². The van der Waals surface area contributed by atoms with E-state index in [1.165, 1.54) is 11.1 Å². The topological polar surface area (TPSA) is 33.7 Å². The molecule has 0 amide bonds. The van der Waals surface area contributed by atoms with E-state index in [2.05, 4.69) is 36.2 Å². The number of hydrogen-bond donors (Lipinski definition) is 1. The van der Waals surface area contributed by atoms with Gasteiger partial charge in [-0.3, -0.25) is 4.90 Å². The number of ether oxygens (including phenoxy) is 2. The largest absolute Gasteiger partial charge is 0.495 e. The fourth-order valence-electron chi connectivity index (χ4n) is 2.48. The van der Waals surface area contributed by atoms with Crippen LogP contribution in [0.2, 0.25) is 0 Å². The van der Waals surface area contributed by atoms with E-state index in [0.717, 1.165) is 50.8 Å². The van der Waals surface area contributed by atoms with Crippen molar-refractivity contribution in [2.45, 2.75) is 13.8 Å². The van der Waals surface area contributed by atoms with Gasteiger partial charge in [-0.25, -0.2) is 0 Å². The molecule has 0 aromatic heterocycles. The minimum absolute atomic E-state index is 0.854. The van der Waals surface area contributed by atoms with Crippen molar-refractivity contribution in [3.05, 3.63) is 23.3 Å². The van der Waals surface area contributed by atoms with Gasteiger partial charge in [0.25, 0.3) is 0 Å². The summed E-state index contributed by atoms with van der Waals surface area (Å²) in [5.74, 6) is 0.930. The minimum atomic E-state index is 0.854. The Bertz CT molecular complexity index is 415. The van der Waals surface area contributed by atoms with Gasteiger partial charge in [-0.2, -0.15) is 0 Å². The average molecular weight is 264 g/mol. The van der Waals surface area contributed by atoms with Crippen LogP contribution in [0.3, 0.4) is 0 Å². The molecule has 2 rings (SSSR count). The average Bonchev–Trinajstić information content (AvgIpc) is 2.42. The standard InChI is InChI=1S/C15H24N2O2/c1-12-10-13(2)15(14(11-12)18-3)16-4-5-17-6-8-19-9-7-17/h10-11,16H,4-9H2,1-3H3. The third kappa shape index (κ3) is 3.85. The highest BCUT2D eigenvalue weighted by Gasteiger charge is 2.11. The van der Waals surface area contributed by atoms with Gasteiger partial charge in [-0.05, 0) is 31.0 Å². The van der Waals surface area contributed by atoms with Crippen LogP contribution in [-0.4, -0.2) is 51.4 Å². The normalized spacial score (nSPS) is 16.4. The maximum absolute atomic E-state index is 5.45. The lowest BCUT2D eigenvalue weighted by molar-refractivity contribution is 0.0398. The quantitative estimate of drug-likeness (QED) is 0.882. The second kappa shape index (κ2) is 6.78. The van der Waals surface area contributed by atoms with Gasteiger partial charge in [-0.15, -0.1) is 0 Å². The van der Waals surface area contributed by atoms with E-state index in [9.17, 15) is 0 Å². The third-order valence-corrected chi connectivity index (χ3v) is 3.50. The van der Waals surface area contributed by atoms with Gasteiger partial charge >= 0.3 is 0 Å². The number of methoxy groups -OCH3 is 1. The molecule has 19 heavy (non-hydrogen) atoms. The highest BCUT2D eigenvalue weighted by atomic mass is 16.5. The molecule has 0 radical (unpaired) electrons. The van der Waals surface area contributed by atoms with Crippen LogP contribution in [0.15, 0.2) is 12.1 Å². The van der Waals surface area contributed by atoms with Crippen molar-refractivity contribution in [2.75, 3.05) is 51.8 Å². The van der Waals surface area contributed by atoms with Crippen molar-refractivity contribution in [1.82, 2.24) is 4.90 Å². The van der Waals surface area contributed by atoms with Gasteiger partial charge in [0.15, 0.2) is 0 Å². The molecular formula is C15H24N2O2. The van der Waals surface area contributed by atoms with Crippen molar-refractivity contribution in [3.8, 4) is 5.75 Å². The minimum Gasteiger partial charge on any atom is -0.495 e. The summed E-state index contributed by atoms with van der Waals surface area (Å²) < 4.78 is 10.8. The Balaban J connectivity index is 1.91. The fraction of sp³-hybridized carbons (Fsp3) is 0.600. The van der Waals surface area contributed by atoms with E-state index >= 15 is 0 Å². The predicted octanol–water partition coefficient (Wildman–Crippen LogP) is 2.06. The number of anilines is 1. The van der Waals surface area contributed by atoms with E-state index in [-0.39, 0.29) is 0 Å². The summed E-state index contributed by atoms with van der Waals surface area (Å²) in [4.78, 5) is 2.42. The molecule has 0 aliphatic carbocycles. The molecule has 1 fully saturated rings. The second-order valence-corrected chi connectivity index (χ2v) is 5.04. The lowest BCUT2D eigenvalue weighted by atomic mass is 10.1. The first-order valence-electron chi connectivity index (χ1n) is 6.90. The number of benzene rings is 1. The van der Waals surface area contributed by atoms with Crippen LogP contribution in [-0.2, 0) is 4.74 Å². The lowest BCUT2D eigenvalue weighted by Crippen LogP contribution is -2.39. The summed E-state index contributed by atoms with van der Waals surface area (Å²) in [6.45, 7) is 9.96. The van der Waals surface area contributed by atoms with Crippen molar-refractivity contribution >= 4 is 5.69 Å². The summed E-state index contributed by atoms with van der Waals surface area (Å²) in [7, 11) is 1.72. The molecular weight excluding hydrogens is 240 g/mol. The van der Waals surface area contributed by atoms with Gasteiger partial charge in [-0.1, -0.05) is 6.07 Å². The molecule has 1 N–H and O–H groups in total. The predicted molar refractivity (Wildman–Crippen MR) is 78.2 cm³/mol. The molecule has 4 nitrogen and oxygen atoms in total. The van der Waals surface area contributed by atoms with Crippen LogP contribution >= 0.6 is 0 Å². The van der Waals surface area contributed by atoms with Gasteiger partial charge in [0.05, 0.1) is 26.0 Å². The van der Waals surface area contributed by atoms with E-state index in [1.54, 1.807) is 7.11 Å². The molecule has 4 heteroatoms. The van der Waals surface area contributed by atoms with Crippen molar-refractivity contribution < 1.29 is 9.47 Å². The van der Waals surface area contributed by atoms with Crippen LogP contribution in [0.5, 0.6) is 5.75 Å². The Morgan fingerprint density at radius 3 is 2.68 bits per heavy atom. The summed E-state index contributed by atoms with van der Waals surface area (Å²) in [5, 5.41) is 3.50. The van der Waals surface area contributed by atoms with Crippen molar-refractivity contribution in [2.24, 2.45) is 0 Å². The number of hydrogen-bond acceptors (Lipinski definition) is 4. The van der Waals surface area contributed by atoms with E-state index in [4.69, 9.17) is 9.47 Å². The molecule has 0 atom stereocenters. The molecule has 0 saturated carbocycles. The molecule has 0 unspecified atom stereocenters. The number of nitrogens with one attached hydrogen (secondary N) is 1. The van der Waals surface area contributed by atoms with Crippen LogP contribution in [0.25, 0.3) is 0 Å². The third-order valence-electron chi connectivity index (χ3n) is 3.50. The van der Waals surface area contributed by atoms with Crippen molar-refractivity contribution in [3.63, 3.8) is 0 Å². The highest BCUT2D eigenvalue weighted by molar-refractivity contribution is 5.63. The summed E-state index contributed by atoms with van der Waals surface area (Å²) in [5.41, 5.74) is 3.58. The first-order chi connectivity index (χ1) is 9.20. The van der Waals surface area contributed by atoms with Crippen LogP contribution in [0, 0.1) is 13.8 Å². The summed E-state index contributed by atoms with van der Waals surface area (Å²) in [6.07, 6.45) is 0. The van der Waals surface area contributed by atoms with Gasteiger partial charge in [0, 0.05) is 26.2 Å². The smallest absolute Gasteiger partial charge is 0.142 e. The van der Waals surface area contributed by atoms with E-state index < -0.39 is 0 Å². The molecule has 106 valence electrons. The van der Waals surface area contributed by atoms with Crippen LogP contribution in [0.4, 0.5) is 5.69 Å². The monoisotopic (exact) mass is 264 g/mol. The molecule has 0 spiro atoms. The molecule has 1 aliphatic heterocycles. The summed E-state index contributed by atoms with van der Waals surface area (Å²) in [6, 6.07) is 4.25. The van der Waals surface area contributed by atoms with Gasteiger partial charge in [0.1, 0.15) is 5.75 Å². The highest BCUT2D eigenvalue weighted by Crippen LogP contribution is 2.29. The molecule has 0 bridgehead atoms. The lowest BCUT2D eigenvalue weighted by Gasteiger charge is -2.27. The van der Waals surface area contributed by atoms with E-state index in [0.29, 0.717) is 0 Å². The molecule has 1 heterocycles. The number of rotatable bonds is 5. The number of aryl methyl sites for hydroxylation is 2. The molecule has 1 aromatic rings. The van der Waals surface area contributed by atoms with Crippen LogP contribution in [0.1, 0.15) is 11.1 Å². The molecule has 1 aromatic carbocycles. The zero-order chi connectivity index (χ0) is 13.7. The number of nitrogens with zero attached hydrogens (tertiary/aromatic N) is 1. The van der Waals surface area contributed by atoms with Crippen molar-refractivity contribution in [1.29, 1.82) is 0 Å². The molecule has 1 saturated heterocycles. The second-order valence-electron chi connectivity index (χ2n) is 5.04. The van der Waals surface area contributed by atoms with Crippen LogP contribution < -0.4 is 10.1 Å². The summed E-state index contributed by atoms with van der Waals surface area (Å²) >= 11 is 0. The fourth-order valence-corrected chi connectivity index (χ4v) is 2.48. The zero-order valence-electron chi connectivity index (χ0n) is 12.2. The van der Waals surface area contributed by atoms with E-state index in [1.807, 2.05) is 0 Å². The van der Waals surface area contributed by atoms with Gasteiger partial charge in [0.2, 0.25) is 0 Å². The SMILES string of the molecule is COc1cc(C)cc(C)c1NCCN1CCOCC1. The maximum Gasteiger partial charge on any atom is 0.142 e. The Morgan fingerprint density at radius 1 is 1.26 bits per heavy atom.